The highest BCUT2D eigenvalue weighted by molar-refractivity contribution is 5.63. The van der Waals surface area contributed by atoms with Crippen molar-refractivity contribution in [2.45, 2.75) is 12.3 Å². The molecule has 0 spiro atoms. The summed E-state index contributed by atoms with van der Waals surface area (Å²) in [5.41, 5.74) is 2.71. The van der Waals surface area contributed by atoms with Gasteiger partial charge in [-0.15, -0.1) is 19.8 Å². The van der Waals surface area contributed by atoms with Crippen LogP contribution in [0.3, 0.4) is 0 Å². The third kappa shape index (κ3) is 8.82. The van der Waals surface area contributed by atoms with Gasteiger partial charge in [-0.1, -0.05) is 49.1 Å². The van der Waals surface area contributed by atoms with Gasteiger partial charge in [0.2, 0.25) is 0 Å². The summed E-state index contributed by atoms with van der Waals surface area (Å²) in [4.78, 5) is 0. The molecular formula is C16H13F7O. The Hall–Kier alpha value is -2.51. The standard InChI is InChI=1S/C11H10.C3H3F3O.C2F4/c1-2-9-7-8-10-5-3-4-6-11(9)10;1-2-7-3(4,5)6;3-1(4)2(5)6/h2-9H,1H2;2H,1H2;. The first kappa shape index (κ1) is 21.5. The fraction of sp³-hybridized carbons (Fsp3) is 0.125. The minimum Gasteiger partial charge on any atom is -0.414 e. The normalized spacial score (nSPS) is 14.2. The third-order valence-corrected chi connectivity index (χ3v) is 2.45. The monoisotopic (exact) mass is 354 g/mol. The van der Waals surface area contributed by atoms with E-state index in [0.29, 0.717) is 12.2 Å². The predicted molar refractivity (Wildman–Crippen MR) is 77.2 cm³/mol. The second-order valence-corrected chi connectivity index (χ2v) is 4.00. The summed E-state index contributed by atoms with van der Waals surface area (Å²) in [6.07, 6.45) is -3.74. The molecule has 2 rings (SSSR count). The van der Waals surface area contributed by atoms with Crippen LogP contribution in [0.4, 0.5) is 30.7 Å². The second-order valence-electron chi connectivity index (χ2n) is 4.00. The number of alkyl halides is 3. The first-order valence-electron chi connectivity index (χ1n) is 6.23. The number of halogens is 7. The zero-order chi connectivity index (χ0) is 18.8. The van der Waals surface area contributed by atoms with Gasteiger partial charge in [0.05, 0.1) is 6.26 Å². The van der Waals surface area contributed by atoms with E-state index in [1.807, 2.05) is 6.08 Å². The summed E-state index contributed by atoms with van der Waals surface area (Å²) < 4.78 is 76.4. The minimum atomic E-state index is -4.57. The lowest BCUT2D eigenvalue weighted by atomic mass is 10.0. The van der Waals surface area contributed by atoms with Crippen LogP contribution in [0.1, 0.15) is 17.0 Å². The van der Waals surface area contributed by atoms with Crippen molar-refractivity contribution >= 4 is 6.08 Å². The van der Waals surface area contributed by atoms with Crippen LogP contribution in [0.5, 0.6) is 0 Å². The van der Waals surface area contributed by atoms with Crippen LogP contribution in [0.2, 0.25) is 0 Å². The lowest BCUT2D eigenvalue weighted by molar-refractivity contribution is -0.297. The van der Waals surface area contributed by atoms with Gasteiger partial charge in [-0.25, -0.2) is 0 Å². The summed E-state index contributed by atoms with van der Waals surface area (Å²) in [5.74, 6) is 0.436. The number of fused-ring (bicyclic) bond motifs is 1. The van der Waals surface area contributed by atoms with Gasteiger partial charge in [-0.05, 0) is 11.1 Å². The molecule has 0 bridgehead atoms. The Morgan fingerprint density at radius 2 is 1.54 bits per heavy atom. The number of benzene rings is 1. The first-order valence-corrected chi connectivity index (χ1v) is 6.23. The van der Waals surface area contributed by atoms with Gasteiger partial charge in [-0.2, -0.15) is 17.6 Å². The molecule has 8 heteroatoms. The highest BCUT2D eigenvalue weighted by Crippen LogP contribution is 2.29. The van der Waals surface area contributed by atoms with E-state index in [1.54, 1.807) is 0 Å². The molecule has 24 heavy (non-hydrogen) atoms. The Bertz CT molecular complexity index is 585. The van der Waals surface area contributed by atoms with Crippen LogP contribution in [0, 0.1) is 0 Å². The molecule has 1 aliphatic rings. The summed E-state index contributed by atoms with van der Waals surface area (Å²) in [6, 6.07) is 8.42. The Balaban J connectivity index is 0.000000357. The van der Waals surface area contributed by atoms with Crippen molar-refractivity contribution in [3.63, 3.8) is 0 Å². The molecule has 0 saturated heterocycles. The van der Waals surface area contributed by atoms with Gasteiger partial charge in [0, 0.05) is 5.92 Å². The highest BCUT2D eigenvalue weighted by atomic mass is 19.4. The van der Waals surface area contributed by atoms with Crippen LogP contribution in [-0.2, 0) is 4.74 Å². The van der Waals surface area contributed by atoms with E-state index >= 15 is 0 Å². The van der Waals surface area contributed by atoms with Gasteiger partial charge in [0.25, 0.3) is 0 Å². The van der Waals surface area contributed by atoms with Crippen LogP contribution >= 0.6 is 0 Å². The maximum absolute atomic E-state index is 10.8. The molecule has 0 fully saturated rings. The van der Waals surface area contributed by atoms with Crippen LogP contribution in [-0.4, -0.2) is 6.36 Å². The molecule has 0 amide bonds. The molecule has 0 N–H and O–H groups in total. The largest absolute Gasteiger partial charge is 0.572 e. The lowest BCUT2D eigenvalue weighted by Crippen LogP contribution is -2.07. The maximum Gasteiger partial charge on any atom is 0.572 e. The fourth-order valence-corrected chi connectivity index (χ4v) is 1.58. The average Bonchev–Trinajstić information content (AvgIpc) is 2.90. The topological polar surface area (TPSA) is 9.23 Å². The molecule has 1 unspecified atom stereocenters. The zero-order valence-corrected chi connectivity index (χ0v) is 12.2. The molecule has 1 nitrogen and oxygen atoms in total. The molecule has 0 saturated carbocycles. The molecule has 0 aromatic heterocycles. The molecule has 1 aromatic carbocycles. The molecule has 1 aliphatic carbocycles. The van der Waals surface area contributed by atoms with Gasteiger partial charge in [0.1, 0.15) is 0 Å². The van der Waals surface area contributed by atoms with E-state index in [9.17, 15) is 30.7 Å². The number of allylic oxidation sites excluding steroid dienone is 2. The van der Waals surface area contributed by atoms with Crippen LogP contribution in [0.15, 0.2) is 68.0 Å². The minimum absolute atomic E-state index is 0.333. The van der Waals surface area contributed by atoms with Gasteiger partial charge >= 0.3 is 18.5 Å². The van der Waals surface area contributed by atoms with E-state index in [0.717, 1.165) is 0 Å². The Labute approximate surface area is 134 Å². The maximum atomic E-state index is 10.8. The summed E-state index contributed by atoms with van der Waals surface area (Å²) >= 11 is 0. The van der Waals surface area contributed by atoms with Crippen molar-refractivity contribution in [2.75, 3.05) is 0 Å². The third-order valence-electron chi connectivity index (χ3n) is 2.45. The SMILES string of the molecule is C=CC1C=Cc2ccccc21.C=COC(F)(F)F.FC(F)=C(F)F. The number of rotatable bonds is 2. The van der Waals surface area contributed by atoms with Gasteiger partial charge < -0.3 is 4.74 Å². The number of hydrogen-bond acceptors (Lipinski definition) is 1. The number of ether oxygens (including phenoxy) is 1. The molecular weight excluding hydrogens is 341 g/mol. The molecule has 0 heterocycles. The molecule has 132 valence electrons. The van der Waals surface area contributed by atoms with Crippen molar-refractivity contribution in [1.82, 2.24) is 0 Å². The number of hydrogen-bond donors (Lipinski definition) is 0. The van der Waals surface area contributed by atoms with E-state index in [2.05, 4.69) is 54.3 Å². The first-order chi connectivity index (χ1) is 11.1. The van der Waals surface area contributed by atoms with Crippen molar-refractivity contribution < 1.29 is 35.5 Å². The summed E-state index contributed by atoms with van der Waals surface area (Å²) in [7, 11) is 0. The Morgan fingerprint density at radius 1 is 1.00 bits per heavy atom. The molecule has 0 aliphatic heterocycles. The van der Waals surface area contributed by atoms with E-state index in [4.69, 9.17) is 0 Å². The lowest BCUT2D eigenvalue weighted by Gasteiger charge is -2.03. The van der Waals surface area contributed by atoms with Crippen LogP contribution in [0.25, 0.3) is 6.08 Å². The van der Waals surface area contributed by atoms with E-state index in [-0.39, 0.29) is 0 Å². The average molecular weight is 354 g/mol. The second kappa shape index (κ2) is 10.3. The van der Waals surface area contributed by atoms with Crippen LogP contribution < -0.4 is 0 Å². The van der Waals surface area contributed by atoms with Crippen molar-refractivity contribution in [2.24, 2.45) is 0 Å². The molecule has 0 radical (unpaired) electrons. The van der Waals surface area contributed by atoms with E-state index in [1.165, 1.54) is 11.1 Å². The highest BCUT2D eigenvalue weighted by Gasteiger charge is 2.28. The summed E-state index contributed by atoms with van der Waals surface area (Å²) in [6.45, 7) is 6.49. The van der Waals surface area contributed by atoms with Crippen molar-refractivity contribution in [3.05, 3.63) is 79.1 Å². The quantitative estimate of drug-likeness (QED) is 0.329. The van der Waals surface area contributed by atoms with Crippen molar-refractivity contribution in [1.29, 1.82) is 0 Å². The fourth-order valence-electron chi connectivity index (χ4n) is 1.58. The van der Waals surface area contributed by atoms with Gasteiger partial charge in [-0.3, -0.25) is 0 Å². The molecule has 1 atom stereocenters. The van der Waals surface area contributed by atoms with Crippen molar-refractivity contribution in [3.8, 4) is 0 Å². The molecule has 1 aromatic rings. The predicted octanol–water partition coefficient (Wildman–Crippen LogP) is 6.64. The van der Waals surface area contributed by atoms with E-state index < -0.39 is 18.5 Å². The Morgan fingerprint density at radius 3 is 1.92 bits per heavy atom. The smallest absolute Gasteiger partial charge is 0.414 e. The van der Waals surface area contributed by atoms with Gasteiger partial charge in [0.15, 0.2) is 0 Å². The Kier molecular flexibility index (Phi) is 9.22. The zero-order valence-electron chi connectivity index (χ0n) is 12.2. The summed E-state index contributed by atoms with van der Waals surface area (Å²) in [5, 5.41) is 0.